The van der Waals surface area contributed by atoms with Gasteiger partial charge in [-0.1, -0.05) is 0 Å². The quantitative estimate of drug-likeness (QED) is 0.513. The Morgan fingerprint density at radius 3 is 3.00 bits per heavy atom. The Balaban J connectivity index is 2.10. The number of β-lactam (4-membered cyclic amide) rings is 1. The molecule has 1 unspecified atom stereocenters. The first kappa shape index (κ1) is 7.50. The van der Waals surface area contributed by atoms with Crippen molar-refractivity contribution in [1.29, 1.82) is 0 Å². The van der Waals surface area contributed by atoms with E-state index in [0.717, 1.165) is 0 Å². The summed E-state index contributed by atoms with van der Waals surface area (Å²) in [5.41, 5.74) is 0. The van der Waals surface area contributed by atoms with Crippen LogP contribution in [0.15, 0.2) is 0 Å². The number of ether oxygens (including phenoxy) is 1. The first-order valence-electron chi connectivity index (χ1n) is 3.28. The van der Waals surface area contributed by atoms with Crippen molar-refractivity contribution in [2.24, 2.45) is 0 Å². The predicted molar refractivity (Wildman–Crippen MR) is 34.2 cm³/mol. The van der Waals surface area contributed by atoms with Crippen LogP contribution in [0, 0.1) is 0 Å². The van der Waals surface area contributed by atoms with Crippen molar-refractivity contribution in [3.63, 3.8) is 0 Å². The zero-order valence-electron chi connectivity index (χ0n) is 5.83. The highest BCUT2D eigenvalue weighted by Crippen LogP contribution is 2.07. The molecule has 1 amide bonds. The first-order valence-corrected chi connectivity index (χ1v) is 3.28. The lowest BCUT2D eigenvalue weighted by molar-refractivity contribution is -0.146. The van der Waals surface area contributed by atoms with Crippen LogP contribution < -0.4 is 5.32 Å². The number of carbonyl (C=O) groups is 1. The fraction of sp³-hybridized carbons (Fsp3) is 0.833. The Kier molecular flexibility index (Phi) is 2.24. The molecule has 1 aliphatic heterocycles. The first-order chi connectivity index (χ1) is 4.72. The maximum absolute atomic E-state index is 10.3. The monoisotopic (exact) mass is 145 g/mol. The van der Waals surface area contributed by atoms with E-state index < -0.39 is 0 Å². The van der Waals surface area contributed by atoms with Crippen LogP contribution in [0.1, 0.15) is 13.3 Å². The summed E-state index contributed by atoms with van der Waals surface area (Å²) in [5, 5.41) is 11.1. The Morgan fingerprint density at radius 1 is 2.00 bits per heavy atom. The average molecular weight is 145 g/mol. The van der Waals surface area contributed by atoms with Crippen molar-refractivity contribution in [3.05, 3.63) is 0 Å². The summed E-state index contributed by atoms with van der Waals surface area (Å²) in [6, 6.07) is 0. The lowest BCUT2D eigenvalue weighted by atomic mass is 10.2. The van der Waals surface area contributed by atoms with Gasteiger partial charge in [-0.15, -0.1) is 0 Å². The minimum Gasteiger partial charge on any atom is -0.394 e. The Morgan fingerprint density at radius 2 is 2.60 bits per heavy atom. The highest BCUT2D eigenvalue weighted by molar-refractivity contribution is 5.82. The molecule has 0 aliphatic carbocycles. The van der Waals surface area contributed by atoms with Crippen LogP contribution in [0.25, 0.3) is 0 Å². The second-order valence-electron chi connectivity index (χ2n) is 2.39. The minimum atomic E-state index is -0.189. The molecule has 0 aromatic rings. The van der Waals surface area contributed by atoms with Crippen molar-refractivity contribution in [3.8, 4) is 0 Å². The molecule has 0 aromatic carbocycles. The van der Waals surface area contributed by atoms with E-state index >= 15 is 0 Å². The van der Waals surface area contributed by atoms with Gasteiger partial charge in [0, 0.05) is 0 Å². The minimum absolute atomic E-state index is 0.00757. The molecule has 1 saturated heterocycles. The van der Waals surface area contributed by atoms with Crippen molar-refractivity contribution < 1.29 is 14.6 Å². The molecule has 2 atom stereocenters. The molecular weight excluding hydrogens is 134 g/mol. The third-order valence-electron chi connectivity index (χ3n) is 1.35. The molecule has 10 heavy (non-hydrogen) atoms. The van der Waals surface area contributed by atoms with E-state index in [1.165, 1.54) is 0 Å². The van der Waals surface area contributed by atoms with Crippen LogP contribution in [0.4, 0.5) is 0 Å². The average Bonchev–Trinajstić information content (AvgIpc) is 1.84. The van der Waals surface area contributed by atoms with Crippen molar-refractivity contribution in [1.82, 2.24) is 5.32 Å². The van der Waals surface area contributed by atoms with Gasteiger partial charge in [-0.25, -0.2) is 0 Å². The lowest BCUT2D eigenvalue weighted by Crippen LogP contribution is -2.51. The fourth-order valence-electron chi connectivity index (χ4n) is 0.732. The molecular formula is C6H11NO3. The molecule has 1 heterocycles. The summed E-state index contributed by atoms with van der Waals surface area (Å²) in [6.07, 6.45) is 0.0601. The molecule has 1 rings (SSSR count). The number of hydrogen-bond acceptors (Lipinski definition) is 3. The summed E-state index contributed by atoms with van der Waals surface area (Å²) >= 11 is 0. The molecule has 58 valence electrons. The molecule has 0 saturated carbocycles. The van der Waals surface area contributed by atoms with E-state index in [9.17, 15) is 4.79 Å². The number of aliphatic hydroxyl groups is 1. The molecule has 1 aliphatic rings. The van der Waals surface area contributed by atoms with Gasteiger partial charge in [0.05, 0.1) is 19.1 Å². The van der Waals surface area contributed by atoms with Gasteiger partial charge in [-0.3, -0.25) is 4.79 Å². The Labute approximate surface area is 59.2 Å². The molecule has 2 N–H and O–H groups in total. The third-order valence-corrected chi connectivity index (χ3v) is 1.35. The topological polar surface area (TPSA) is 58.6 Å². The van der Waals surface area contributed by atoms with E-state index in [1.54, 1.807) is 6.92 Å². The zero-order chi connectivity index (χ0) is 7.56. The third kappa shape index (κ3) is 1.68. The van der Waals surface area contributed by atoms with Gasteiger partial charge in [0.2, 0.25) is 5.91 Å². The highest BCUT2D eigenvalue weighted by atomic mass is 16.5. The number of aliphatic hydroxyl groups excluding tert-OH is 1. The van der Waals surface area contributed by atoms with Gasteiger partial charge in [-0.05, 0) is 6.92 Å². The van der Waals surface area contributed by atoms with E-state index in [1.807, 2.05) is 0 Å². The summed E-state index contributed by atoms with van der Waals surface area (Å²) in [5.74, 6) is 0.00939. The van der Waals surface area contributed by atoms with Gasteiger partial charge >= 0.3 is 0 Å². The number of hydrogen-bond donors (Lipinski definition) is 2. The van der Waals surface area contributed by atoms with E-state index in [2.05, 4.69) is 5.32 Å². The van der Waals surface area contributed by atoms with Crippen LogP contribution >= 0.6 is 0 Å². The van der Waals surface area contributed by atoms with Gasteiger partial charge in [0.15, 0.2) is 0 Å². The number of amides is 1. The smallest absolute Gasteiger partial charge is 0.226 e. The van der Waals surface area contributed by atoms with Gasteiger partial charge in [0.1, 0.15) is 6.23 Å². The van der Waals surface area contributed by atoms with Crippen molar-refractivity contribution in [2.45, 2.75) is 25.7 Å². The molecule has 0 aromatic heterocycles. The predicted octanol–water partition coefficient (Wildman–Crippen LogP) is -0.770. The van der Waals surface area contributed by atoms with Gasteiger partial charge < -0.3 is 15.2 Å². The number of carbonyl (C=O) groups excluding carboxylic acids is 1. The van der Waals surface area contributed by atoms with Crippen LogP contribution in [0.5, 0.6) is 0 Å². The molecule has 4 heteroatoms. The number of nitrogens with one attached hydrogen (secondary N) is 1. The van der Waals surface area contributed by atoms with Gasteiger partial charge in [-0.2, -0.15) is 0 Å². The molecule has 0 bridgehead atoms. The molecule has 4 nitrogen and oxygen atoms in total. The van der Waals surface area contributed by atoms with E-state index in [-0.39, 0.29) is 24.8 Å². The standard InChI is InChI=1S/C6H11NO3/c1-4(3-8)10-6-2-5(9)7-6/h4,6,8H,2-3H2,1H3,(H,7,9)/t4-,6?/m0/s1. The van der Waals surface area contributed by atoms with Crippen LogP contribution in [-0.4, -0.2) is 30.0 Å². The summed E-state index contributed by atoms with van der Waals surface area (Å²) in [7, 11) is 0. The summed E-state index contributed by atoms with van der Waals surface area (Å²) in [6.45, 7) is 1.75. The van der Waals surface area contributed by atoms with Crippen LogP contribution in [0.2, 0.25) is 0 Å². The fourth-order valence-corrected chi connectivity index (χ4v) is 0.732. The second-order valence-corrected chi connectivity index (χ2v) is 2.39. The maximum atomic E-state index is 10.3. The lowest BCUT2D eigenvalue weighted by Gasteiger charge is -2.28. The number of rotatable bonds is 3. The normalized spacial score (nSPS) is 27.0. The Hall–Kier alpha value is -0.610. The maximum Gasteiger partial charge on any atom is 0.226 e. The Bertz CT molecular complexity index is 129. The molecule has 0 spiro atoms. The zero-order valence-corrected chi connectivity index (χ0v) is 5.83. The van der Waals surface area contributed by atoms with Crippen LogP contribution in [-0.2, 0) is 9.53 Å². The molecule has 0 radical (unpaired) electrons. The summed E-state index contributed by atoms with van der Waals surface area (Å²) in [4.78, 5) is 10.3. The second kappa shape index (κ2) is 2.98. The summed E-state index contributed by atoms with van der Waals surface area (Å²) < 4.78 is 5.12. The largest absolute Gasteiger partial charge is 0.394 e. The molecule has 1 fully saturated rings. The van der Waals surface area contributed by atoms with E-state index in [0.29, 0.717) is 6.42 Å². The van der Waals surface area contributed by atoms with Crippen molar-refractivity contribution >= 4 is 5.91 Å². The highest BCUT2D eigenvalue weighted by Gasteiger charge is 2.26. The SMILES string of the molecule is C[C@@H](CO)OC1CC(=O)N1. The van der Waals surface area contributed by atoms with Gasteiger partial charge in [0.25, 0.3) is 0 Å². The van der Waals surface area contributed by atoms with E-state index in [4.69, 9.17) is 9.84 Å². The van der Waals surface area contributed by atoms with Crippen molar-refractivity contribution in [2.75, 3.05) is 6.61 Å². The van der Waals surface area contributed by atoms with Crippen LogP contribution in [0.3, 0.4) is 0 Å².